The van der Waals surface area contributed by atoms with Gasteiger partial charge in [-0.3, -0.25) is 14.9 Å². The van der Waals surface area contributed by atoms with Gasteiger partial charge in [-0.2, -0.15) is 0 Å². The molecule has 120 valence electrons. The summed E-state index contributed by atoms with van der Waals surface area (Å²) in [5.41, 5.74) is 1.58. The molecule has 0 spiro atoms. The Kier molecular flexibility index (Phi) is 5.46. The van der Waals surface area contributed by atoms with E-state index in [1.165, 1.54) is 24.3 Å². The minimum absolute atomic E-state index is 0.0752. The number of anilines is 1. The number of rotatable bonds is 2. The zero-order valence-electron chi connectivity index (χ0n) is 12.1. The molecule has 1 aromatic rings. The van der Waals surface area contributed by atoms with Crippen LogP contribution in [-0.2, 0) is 9.63 Å². The Balaban J connectivity index is 2.10. The van der Waals surface area contributed by atoms with Gasteiger partial charge in [0.2, 0.25) is 0 Å². The molecule has 0 radical (unpaired) electrons. The number of carbonyl (C=O) groups is 2. The lowest BCUT2D eigenvalue weighted by atomic mass is 9.98. The van der Waals surface area contributed by atoms with Gasteiger partial charge in [-0.15, -0.1) is 0 Å². The Labute approximate surface area is 147 Å². The SMILES string of the molecule is CC1=CC(=NOC(=O)Nc2cc(Cl)cc(Cl)c2Cl)C=C(C)C1=O. The maximum absolute atomic E-state index is 11.8. The van der Waals surface area contributed by atoms with Crippen LogP contribution >= 0.6 is 34.8 Å². The molecule has 1 aliphatic rings. The van der Waals surface area contributed by atoms with E-state index >= 15 is 0 Å². The van der Waals surface area contributed by atoms with Crippen LogP contribution in [0, 0.1) is 0 Å². The summed E-state index contributed by atoms with van der Waals surface area (Å²) in [6, 6.07) is 2.87. The second-order valence-corrected chi connectivity index (χ2v) is 5.97. The minimum Gasteiger partial charge on any atom is -0.297 e. The lowest BCUT2D eigenvalue weighted by Crippen LogP contribution is -2.14. The Hall–Kier alpha value is -1.82. The predicted octanol–water partition coefficient (Wildman–Crippen LogP) is 5.03. The van der Waals surface area contributed by atoms with E-state index in [2.05, 4.69) is 10.5 Å². The molecule has 0 aliphatic heterocycles. The van der Waals surface area contributed by atoms with Crippen LogP contribution in [0.5, 0.6) is 0 Å². The van der Waals surface area contributed by atoms with Crippen molar-refractivity contribution in [2.24, 2.45) is 5.16 Å². The number of ketones is 1. The first kappa shape index (κ1) is 17.5. The van der Waals surface area contributed by atoms with Gasteiger partial charge in [-0.1, -0.05) is 40.0 Å². The number of hydrogen-bond acceptors (Lipinski definition) is 4. The van der Waals surface area contributed by atoms with Crippen molar-refractivity contribution in [3.8, 4) is 0 Å². The predicted molar refractivity (Wildman–Crippen MR) is 91.5 cm³/mol. The van der Waals surface area contributed by atoms with Gasteiger partial charge in [-0.25, -0.2) is 4.79 Å². The van der Waals surface area contributed by atoms with E-state index in [0.29, 0.717) is 21.9 Å². The highest BCUT2D eigenvalue weighted by Crippen LogP contribution is 2.33. The second kappa shape index (κ2) is 7.17. The summed E-state index contributed by atoms with van der Waals surface area (Å²) in [6.07, 6.45) is 2.17. The molecule has 0 unspecified atom stereocenters. The smallest absolute Gasteiger partial charge is 0.297 e. The number of nitrogens with one attached hydrogen (secondary N) is 1. The van der Waals surface area contributed by atoms with E-state index in [9.17, 15) is 9.59 Å². The molecule has 1 aliphatic carbocycles. The van der Waals surface area contributed by atoms with Crippen LogP contribution in [-0.4, -0.2) is 17.6 Å². The average Bonchev–Trinajstić information content (AvgIpc) is 2.47. The summed E-state index contributed by atoms with van der Waals surface area (Å²) in [6.45, 7) is 3.31. The van der Waals surface area contributed by atoms with Crippen LogP contribution < -0.4 is 5.32 Å². The van der Waals surface area contributed by atoms with Gasteiger partial charge in [0.1, 0.15) is 5.71 Å². The van der Waals surface area contributed by atoms with Crippen molar-refractivity contribution in [3.05, 3.63) is 50.5 Å². The van der Waals surface area contributed by atoms with Gasteiger partial charge < -0.3 is 0 Å². The van der Waals surface area contributed by atoms with Gasteiger partial charge in [-0.05, 0) is 49.3 Å². The number of amides is 1. The zero-order chi connectivity index (χ0) is 17.1. The Morgan fingerprint density at radius 3 is 2.35 bits per heavy atom. The van der Waals surface area contributed by atoms with Crippen LogP contribution in [0.25, 0.3) is 0 Å². The molecule has 5 nitrogen and oxygen atoms in total. The van der Waals surface area contributed by atoms with Gasteiger partial charge in [0, 0.05) is 5.02 Å². The van der Waals surface area contributed by atoms with E-state index in [1.54, 1.807) is 13.8 Å². The van der Waals surface area contributed by atoms with Gasteiger partial charge in [0.25, 0.3) is 0 Å². The van der Waals surface area contributed by atoms with Gasteiger partial charge in [0.15, 0.2) is 5.78 Å². The van der Waals surface area contributed by atoms with Crippen molar-refractivity contribution in [3.63, 3.8) is 0 Å². The molecule has 1 amide bonds. The minimum atomic E-state index is -0.869. The standard InChI is InChI=1S/C15H11Cl3N2O3/c1-7-3-10(4-8(2)14(7)21)20-23-15(22)19-12-6-9(16)5-11(17)13(12)18/h3-6H,1-2H3,(H,19,22). The summed E-state index contributed by atoms with van der Waals surface area (Å²) < 4.78 is 0. The molecular weight excluding hydrogens is 363 g/mol. The molecule has 0 bridgehead atoms. The fourth-order valence-corrected chi connectivity index (χ4v) is 2.50. The number of carbonyl (C=O) groups excluding carboxylic acids is 2. The van der Waals surface area contributed by atoms with Crippen molar-refractivity contribution < 1.29 is 14.4 Å². The number of oxime groups is 1. The Morgan fingerprint density at radius 1 is 1.13 bits per heavy atom. The first-order valence-electron chi connectivity index (χ1n) is 6.39. The maximum atomic E-state index is 11.8. The van der Waals surface area contributed by atoms with E-state index in [0.717, 1.165) is 0 Å². The number of allylic oxidation sites excluding steroid dienone is 4. The number of nitrogens with zero attached hydrogens (tertiary/aromatic N) is 1. The molecule has 1 N–H and O–H groups in total. The van der Waals surface area contributed by atoms with E-state index in [4.69, 9.17) is 39.6 Å². The third-order valence-electron chi connectivity index (χ3n) is 2.91. The highest BCUT2D eigenvalue weighted by molar-refractivity contribution is 6.45. The lowest BCUT2D eigenvalue weighted by molar-refractivity contribution is -0.112. The summed E-state index contributed by atoms with van der Waals surface area (Å²) in [4.78, 5) is 28.1. The van der Waals surface area contributed by atoms with E-state index in [-0.39, 0.29) is 21.5 Å². The number of Topliss-reactive ketones (excluding diaryl/α,β-unsaturated/α-hetero) is 1. The molecule has 1 aromatic carbocycles. The Bertz CT molecular complexity index is 758. The zero-order valence-corrected chi connectivity index (χ0v) is 14.4. The summed E-state index contributed by atoms with van der Waals surface area (Å²) >= 11 is 17.7. The van der Waals surface area contributed by atoms with Crippen molar-refractivity contribution in [1.82, 2.24) is 0 Å². The van der Waals surface area contributed by atoms with Crippen LogP contribution in [0.1, 0.15) is 13.8 Å². The van der Waals surface area contributed by atoms with Crippen LogP contribution in [0.4, 0.5) is 10.5 Å². The third kappa shape index (κ3) is 4.34. The molecule has 0 aromatic heterocycles. The molecule has 0 fully saturated rings. The number of hydrogen-bond donors (Lipinski definition) is 1. The molecule has 2 rings (SSSR count). The van der Waals surface area contributed by atoms with Crippen molar-refractivity contribution in [2.75, 3.05) is 5.32 Å². The summed E-state index contributed by atoms with van der Waals surface area (Å²) in [7, 11) is 0. The quantitative estimate of drug-likeness (QED) is 0.342. The third-order valence-corrected chi connectivity index (χ3v) is 3.93. The van der Waals surface area contributed by atoms with Crippen molar-refractivity contribution in [1.29, 1.82) is 0 Å². The van der Waals surface area contributed by atoms with E-state index < -0.39 is 6.09 Å². The topological polar surface area (TPSA) is 67.8 Å². The van der Waals surface area contributed by atoms with Gasteiger partial charge >= 0.3 is 6.09 Å². The molecule has 0 heterocycles. The van der Waals surface area contributed by atoms with Crippen LogP contribution in [0.2, 0.25) is 15.1 Å². The van der Waals surface area contributed by atoms with Crippen molar-refractivity contribution >= 4 is 58.1 Å². The molecule has 23 heavy (non-hydrogen) atoms. The molecular formula is C15H11Cl3N2O3. The summed E-state index contributed by atoms with van der Waals surface area (Å²) in [5, 5.41) is 6.71. The number of halogens is 3. The van der Waals surface area contributed by atoms with Crippen LogP contribution in [0.3, 0.4) is 0 Å². The van der Waals surface area contributed by atoms with Crippen molar-refractivity contribution in [2.45, 2.75) is 13.8 Å². The highest BCUT2D eigenvalue weighted by atomic mass is 35.5. The maximum Gasteiger partial charge on any atom is 0.437 e. The highest BCUT2D eigenvalue weighted by Gasteiger charge is 2.15. The fraction of sp³-hybridized carbons (Fsp3) is 0.133. The summed E-state index contributed by atoms with van der Waals surface area (Å²) in [5.74, 6) is -0.0752. The van der Waals surface area contributed by atoms with Crippen LogP contribution in [0.15, 0.2) is 40.6 Å². The largest absolute Gasteiger partial charge is 0.437 e. The molecule has 8 heteroatoms. The number of benzene rings is 1. The van der Waals surface area contributed by atoms with Gasteiger partial charge in [0.05, 0.1) is 15.7 Å². The molecule has 0 atom stereocenters. The van der Waals surface area contributed by atoms with E-state index in [1.807, 2.05) is 0 Å². The average molecular weight is 374 g/mol. The second-order valence-electron chi connectivity index (χ2n) is 4.75. The Morgan fingerprint density at radius 2 is 1.74 bits per heavy atom. The lowest BCUT2D eigenvalue weighted by Gasteiger charge is -2.09. The molecule has 0 saturated heterocycles. The first-order chi connectivity index (χ1) is 10.8. The first-order valence-corrected chi connectivity index (χ1v) is 7.53. The fourth-order valence-electron chi connectivity index (χ4n) is 1.85. The molecule has 0 saturated carbocycles. The monoisotopic (exact) mass is 372 g/mol. The normalized spacial score (nSPS) is 14.1.